The Morgan fingerprint density at radius 2 is 1.83 bits per heavy atom. The summed E-state index contributed by atoms with van der Waals surface area (Å²) in [6, 6.07) is 7.59. The van der Waals surface area contributed by atoms with Crippen LogP contribution in [0.15, 0.2) is 42.7 Å². The normalized spacial score (nSPS) is 10.1. The Morgan fingerprint density at radius 1 is 1.17 bits per heavy atom. The van der Waals surface area contributed by atoms with E-state index in [9.17, 15) is 14.9 Å². The number of hydrogen-bond acceptors (Lipinski definition) is 4. The number of nitrogens with zero attached hydrogens (tertiary/aromatic N) is 2. The maximum Gasteiger partial charge on any atom is 0.283 e. The molecule has 0 saturated heterocycles. The van der Waals surface area contributed by atoms with Crippen LogP contribution in [0.5, 0.6) is 0 Å². The molecule has 0 aliphatic carbocycles. The van der Waals surface area contributed by atoms with Gasteiger partial charge in [0, 0.05) is 29.6 Å². The van der Waals surface area contributed by atoms with Crippen LogP contribution < -0.4 is 0 Å². The lowest BCUT2D eigenvalue weighted by atomic mass is 10.0. The third-order valence-corrected chi connectivity index (χ3v) is 3.26. The van der Waals surface area contributed by atoms with E-state index < -0.39 is 4.92 Å². The van der Waals surface area contributed by atoms with Crippen molar-refractivity contribution >= 4 is 34.1 Å². The van der Waals surface area contributed by atoms with Crippen LogP contribution in [0.2, 0.25) is 0 Å². The zero-order valence-corrected chi connectivity index (χ0v) is 11.2. The Hall–Kier alpha value is -1.83. The van der Waals surface area contributed by atoms with Crippen LogP contribution >= 0.6 is 22.6 Å². The van der Waals surface area contributed by atoms with Gasteiger partial charge in [0.1, 0.15) is 0 Å². The summed E-state index contributed by atoms with van der Waals surface area (Å²) in [5.41, 5.74) is 0.698. The Labute approximate surface area is 116 Å². The molecule has 0 atom stereocenters. The molecule has 0 fully saturated rings. The highest BCUT2D eigenvalue weighted by Crippen LogP contribution is 2.23. The van der Waals surface area contributed by atoms with Crippen LogP contribution in [-0.4, -0.2) is 15.7 Å². The quantitative estimate of drug-likeness (QED) is 0.368. The summed E-state index contributed by atoms with van der Waals surface area (Å²) in [6.45, 7) is 0. The number of nitro groups is 1. The smallest absolute Gasteiger partial charge is 0.283 e. The van der Waals surface area contributed by atoms with Gasteiger partial charge in [-0.1, -0.05) is 0 Å². The zero-order chi connectivity index (χ0) is 13.1. The number of ketones is 1. The molecule has 1 heterocycles. The highest BCUT2D eigenvalue weighted by molar-refractivity contribution is 14.1. The summed E-state index contributed by atoms with van der Waals surface area (Å²) in [7, 11) is 0. The molecule has 0 aliphatic rings. The number of aromatic nitrogens is 1. The van der Waals surface area contributed by atoms with Gasteiger partial charge in [-0.15, -0.1) is 0 Å². The first-order chi connectivity index (χ1) is 8.59. The van der Waals surface area contributed by atoms with E-state index in [1.165, 1.54) is 18.5 Å². The van der Waals surface area contributed by atoms with Crippen LogP contribution in [0, 0.1) is 13.7 Å². The predicted octanol–water partition coefficient (Wildman–Crippen LogP) is 2.83. The van der Waals surface area contributed by atoms with E-state index in [0.717, 1.165) is 0 Å². The molecule has 1 aromatic heterocycles. The molecule has 0 spiro atoms. The van der Waals surface area contributed by atoms with Crippen molar-refractivity contribution in [3.8, 4) is 0 Å². The average Bonchev–Trinajstić information content (AvgIpc) is 2.39. The molecule has 2 rings (SSSR count). The highest BCUT2D eigenvalue weighted by Gasteiger charge is 2.16. The van der Waals surface area contributed by atoms with Crippen molar-refractivity contribution < 1.29 is 9.72 Å². The number of carbonyl (C=O) groups excluding carboxylic acids is 1. The van der Waals surface area contributed by atoms with Crippen LogP contribution in [0.3, 0.4) is 0 Å². The van der Waals surface area contributed by atoms with Crippen molar-refractivity contribution in [3.05, 3.63) is 67.5 Å². The molecule has 90 valence electrons. The van der Waals surface area contributed by atoms with E-state index in [0.29, 0.717) is 14.7 Å². The molecule has 0 amide bonds. The number of hydrogen-bond donors (Lipinski definition) is 0. The van der Waals surface area contributed by atoms with Crippen molar-refractivity contribution in [3.63, 3.8) is 0 Å². The topological polar surface area (TPSA) is 73.1 Å². The maximum absolute atomic E-state index is 12.1. The number of halogens is 1. The van der Waals surface area contributed by atoms with E-state index >= 15 is 0 Å². The van der Waals surface area contributed by atoms with Gasteiger partial charge in [0.25, 0.3) is 5.69 Å². The van der Waals surface area contributed by atoms with Gasteiger partial charge >= 0.3 is 0 Å². The monoisotopic (exact) mass is 354 g/mol. The van der Waals surface area contributed by atoms with E-state index in [4.69, 9.17) is 0 Å². The molecule has 6 heteroatoms. The number of rotatable bonds is 3. The van der Waals surface area contributed by atoms with Crippen LogP contribution in [-0.2, 0) is 0 Å². The van der Waals surface area contributed by atoms with Gasteiger partial charge in [0.05, 0.1) is 8.49 Å². The molecule has 0 aliphatic heterocycles. The summed E-state index contributed by atoms with van der Waals surface area (Å²) in [6.07, 6.45) is 3.02. The molecule has 0 unspecified atom stereocenters. The third-order valence-electron chi connectivity index (χ3n) is 2.35. The Balaban J connectivity index is 2.44. The van der Waals surface area contributed by atoms with Crippen molar-refractivity contribution in [2.75, 3.05) is 0 Å². The number of carbonyl (C=O) groups is 1. The van der Waals surface area contributed by atoms with Gasteiger partial charge < -0.3 is 0 Å². The molecule has 1 aromatic carbocycles. The van der Waals surface area contributed by atoms with E-state index in [-0.39, 0.29) is 11.5 Å². The number of nitro benzene ring substituents is 1. The van der Waals surface area contributed by atoms with Gasteiger partial charge in [-0.2, -0.15) is 0 Å². The van der Waals surface area contributed by atoms with Gasteiger partial charge in [-0.3, -0.25) is 19.9 Å². The fraction of sp³-hybridized carbons (Fsp3) is 0. The number of pyridine rings is 1. The Morgan fingerprint density at radius 3 is 2.44 bits per heavy atom. The van der Waals surface area contributed by atoms with Gasteiger partial charge in [0.15, 0.2) is 5.78 Å². The van der Waals surface area contributed by atoms with Crippen molar-refractivity contribution in [2.45, 2.75) is 0 Å². The Kier molecular flexibility index (Phi) is 3.66. The fourth-order valence-corrected chi connectivity index (χ4v) is 2.00. The molecule has 0 saturated carbocycles. The number of benzene rings is 1. The second-order valence-electron chi connectivity index (χ2n) is 3.49. The van der Waals surface area contributed by atoms with Crippen molar-refractivity contribution in [1.29, 1.82) is 0 Å². The highest BCUT2D eigenvalue weighted by atomic mass is 127. The van der Waals surface area contributed by atoms with E-state index in [2.05, 4.69) is 4.98 Å². The molecular weight excluding hydrogens is 347 g/mol. The SMILES string of the molecule is O=C(c1ccncc1)c1ccc(I)c([N+](=O)[O-])c1. The van der Waals surface area contributed by atoms with Crippen LogP contribution in [0.4, 0.5) is 5.69 Å². The lowest BCUT2D eigenvalue weighted by molar-refractivity contribution is -0.385. The van der Waals surface area contributed by atoms with E-state index in [1.54, 1.807) is 24.3 Å². The van der Waals surface area contributed by atoms with Crippen LogP contribution in [0.25, 0.3) is 0 Å². The minimum atomic E-state index is -0.495. The lowest BCUT2D eigenvalue weighted by Gasteiger charge is -2.02. The second-order valence-corrected chi connectivity index (χ2v) is 4.65. The first kappa shape index (κ1) is 12.6. The average molecular weight is 354 g/mol. The first-order valence-corrected chi connectivity index (χ1v) is 6.06. The van der Waals surface area contributed by atoms with Gasteiger partial charge in [-0.25, -0.2) is 0 Å². The molecular formula is C12H7IN2O3. The zero-order valence-electron chi connectivity index (χ0n) is 9.04. The summed E-state index contributed by atoms with van der Waals surface area (Å²) < 4.78 is 0.504. The predicted molar refractivity (Wildman–Crippen MR) is 73.5 cm³/mol. The minimum absolute atomic E-state index is 0.0597. The minimum Gasteiger partial charge on any atom is -0.289 e. The summed E-state index contributed by atoms with van der Waals surface area (Å²) >= 11 is 1.87. The summed E-state index contributed by atoms with van der Waals surface area (Å²) in [5.74, 6) is -0.253. The third kappa shape index (κ3) is 2.53. The molecule has 0 radical (unpaired) electrons. The van der Waals surface area contributed by atoms with Crippen LogP contribution in [0.1, 0.15) is 15.9 Å². The molecule has 5 nitrogen and oxygen atoms in total. The summed E-state index contributed by atoms with van der Waals surface area (Å²) in [4.78, 5) is 26.2. The molecule has 0 N–H and O–H groups in total. The van der Waals surface area contributed by atoms with Crippen molar-refractivity contribution in [1.82, 2.24) is 4.98 Å². The van der Waals surface area contributed by atoms with E-state index in [1.807, 2.05) is 22.6 Å². The molecule has 18 heavy (non-hydrogen) atoms. The first-order valence-electron chi connectivity index (χ1n) is 4.98. The Bertz CT molecular complexity index is 614. The van der Waals surface area contributed by atoms with Gasteiger partial charge in [-0.05, 0) is 46.9 Å². The largest absolute Gasteiger partial charge is 0.289 e. The maximum atomic E-state index is 12.1. The van der Waals surface area contributed by atoms with Crippen molar-refractivity contribution in [2.24, 2.45) is 0 Å². The lowest BCUT2D eigenvalue weighted by Crippen LogP contribution is -2.03. The molecule has 2 aromatic rings. The van der Waals surface area contributed by atoms with Gasteiger partial charge in [0.2, 0.25) is 0 Å². The fourth-order valence-electron chi connectivity index (χ4n) is 1.46. The standard InChI is InChI=1S/C12H7IN2O3/c13-10-2-1-9(7-11(10)15(17)18)12(16)8-3-5-14-6-4-8/h1-7H. The second kappa shape index (κ2) is 5.21. The summed E-state index contributed by atoms with van der Waals surface area (Å²) in [5, 5.41) is 10.8. The molecule has 0 bridgehead atoms.